The Hall–Kier alpha value is -1.98. The molecule has 1 unspecified atom stereocenters. The molecule has 0 aliphatic rings. The number of pyridine rings is 1. The van der Waals surface area contributed by atoms with Crippen molar-refractivity contribution < 1.29 is 9.90 Å². The van der Waals surface area contributed by atoms with Crippen LogP contribution in [0.4, 0.5) is 0 Å². The summed E-state index contributed by atoms with van der Waals surface area (Å²) in [6.45, 7) is 3.41. The third-order valence-corrected chi connectivity index (χ3v) is 3.77. The third kappa shape index (κ3) is 5.62. The average molecular weight is 315 g/mol. The van der Waals surface area contributed by atoms with Gasteiger partial charge in [0.05, 0.1) is 18.2 Å². The topological polar surface area (TPSA) is 65.5 Å². The zero-order chi connectivity index (χ0) is 16.7. The molecule has 2 rings (SSSR count). The van der Waals surface area contributed by atoms with Crippen LogP contribution in [0.25, 0.3) is 10.9 Å². The van der Waals surface area contributed by atoms with Crippen LogP contribution in [0.5, 0.6) is 0 Å². The van der Waals surface area contributed by atoms with Crippen molar-refractivity contribution in [2.75, 3.05) is 26.7 Å². The third-order valence-electron chi connectivity index (χ3n) is 3.77. The highest BCUT2D eigenvalue weighted by Crippen LogP contribution is 2.15. The minimum atomic E-state index is -0.334. The molecular weight excluding hydrogens is 290 g/mol. The molecule has 1 aromatic carbocycles. The summed E-state index contributed by atoms with van der Waals surface area (Å²) in [5.41, 5.74) is 2.14. The molecule has 5 heteroatoms. The van der Waals surface area contributed by atoms with Crippen LogP contribution in [0.15, 0.2) is 36.5 Å². The Balaban J connectivity index is 1.79. The number of benzene rings is 1. The van der Waals surface area contributed by atoms with Crippen molar-refractivity contribution in [3.8, 4) is 0 Å². The molecule has 2 N–H and O–H groups in total. The Morgan fingerprint density at radius 2 is 2.13 bits per heavy atom. The average Bonchev–Trinajstić information content (AvgIpc) is 2.53. The number of hydrogen-bond donors (Lipinski definition) is 2. The van der Waals surface area contributed by atoms with E-state index in [0.717, 1.165) is 22.9 Å². The first-order valence-electron chi connectivity index (χ1n) is 8.02. The van der Waals surface area contributed by atoms with Gasteiger partial charge >= 0.3 is 0 Å². The summed E-state index contributed by atoms with van der Waals surface area (Å²) in [7, 11) is 1.89. The van der Waals surface area contributed by atoms with E-state index in [1.165, 1.54) is 0 Å². The Morgan fingerprint density at radius 3 is 2.91 bits per heavy atom. The number of aromatic nitrogens is 1. The summed E-state index contributed by atoms with van der Waals surface area (Å²) in [5.74, 6) is 0.00582. The van der Waals surface area contributed by atoms with Gasteiger partial charge in [0.2, 0.25) is 5.91 Å². The number of likely N-dealkylation sites (N-methyl/N-ethyl adjacent to an activating group) is 1. The van der Waals surface area contributed by atoms with Crippen molar-refractivity contribution >= 4 is 16.8 Å². The molecule has 124 valence electrons. The fourth-order valence-corrected chi connectivity index (χ4v) is 2.49. The molecule has 2 aromatic rings. The predicted molar refractivity (Wildman–Crippen MR) is 92.3 cm³/mol. The summed E-state index contributed by atoms with van der Waals surface area (Å²) < 4.78 is 0. The summed E-state index contributed by atoms with van der Waals surface area (Å²) >= 11 is 0. The van der Waals surface area contributed by atoms with E-state index < -0.39 is 0 Å². The van der Waals surface area contributed by atoms with Gasteiger partial charge < -0.3 is 10.4 Å². The monoisotopic (exact) mass is 315 g/mol. The molecule has 5 nitrogen and oxygen atoms in total. The molecule has 0 aliphatic carbocycles. The molecule has 0 saturated heterocycles. The lowest BCUT2D eigenvalue weighted by Gasteiger charge is -2.17. The van der Waals surface area contributed by atoms with E-state index in [0.29, 0.717) is 26.1 Å². The van der Waals surface area contributed by atoms with E-state index in [4.69, 9.17) is 0 Å². The molecule has 0 saturated carbocycles. The molecule has 0 bridgehead atoms. The first-order valence-corrected chi connectivity index (χ1v) is 8.02. The molecule has 23 heavy (non-hydrogen) atoms. The van der Waals surface area contributed by atoms with E-state index >= 15 is 0 Å². The molecule has 0 fully saturated rings. The number of aliphatic hydroxyl groups excluding tert-OH is 1. The zero-order valence-corrected chi connectivity index (χ0v) is 13.8. The highest BCUT2D eigenvalue weighted by molar-refractivity contribution is 5.81. The molecule has 1 atom stereocenters. The number of carbonyl (C=O) groups excluding carboxylic acids is 1. The second-order valence-electron chi connectivity index (χ2n) is 5.97. The quantitative estimate of drug-likeness (QED) is 0.776. The van der Waals surface area contributed by atoms with E-state index in [1.807, 2.05) is 36.2 Å². The van der Waals surface area contributed by atoms with Crippen LogP contribution >= 0.6 is 0 Å². The normalized spacial score (nSPS) is 12.5. The predicted octanol–water partition coefficient (Wildman–Crippen LogP) is 1.60. The minimum Gasteiger partial charge on any atom is -0.393 e. The van der Waals surface area contributed by atoms with Crippen molar-refractivity contribution in [1.29, 1.82) is 0 Å². The van der Waals surface area contributed by atoms with Gasteiger partial charge in [-0.05, 0) is 38.4 Å². The lowest BCUT2D eigenvalue weighted by molar-refractivity contribution is -0.122. The fourth-order valence-electron chi connectivity index (χ4n) is 2.49. The molecule has 1 heterocycles. The van der Waals surface area contributed by atoms with Crippen molar-refractivity contribution in [2.24, 2.45) is 0 Å². The second kappa shape index (κ2) is 8.60. The molecule has 0 aliphatic heterocycles. The van der Waals surface area contributed by atoms with E-state index in [-0.39, 0.29) is 12.0 Å². The lowest BCUT2D eigenvalue weighted by atomic mass is 10.1. The maximum absolute atomic E-state index is 11.9. The van der Waals surface area contributed by atoms with Crippen molar-refractivity contribution in [3.05, 3.63) is 42.1 Å². The number of para-hydroxylation sites is 1. The second-order valence-corrected chi connectivity index (χ2v) is 5.97. The standard InChI is InChI=1S/C18H25N3O2/c1-14(22)9-12-21(2)13-17(23)19-11-8-16-6-3-5-15-7-4-10-20-18(15)16/h3-7,10,14,22H,8-9,11-13H2,1-2H3,(H,19,23). The Kier molecular flexibility index (Phi) is 6.50. The van der Waals surface area contributed by atoms with Gasteiger partial charge in [-0.25, -0.2) is 0 Å². The van der Waals surface area contributed by atoms with Gasteiger partial charge in [0, 0.05) is 24.7 Å². The van der Waals surface area contributed by atoms with Gasteiger partial charge in [-0.3, -0.25) is 14.7 Å². The largest absolute Gasteiger partial charge is 0.393 e. The molecule has 1 amide bonds. The van der Waals surface area contributed by atoms with Crippen molar-refractivity contribution in [3.63, 3.8) is 0 Å². The number of carbonyl (C=O) groups is 1. The first kappa shape index (κ1) is 17.4. The number of rotatable bonds is 8. The Morgan fingerprint density at radius 1 is 1.35 bits per heavy atom. The van der Waals surface area contributed by atoms with Crippen LogP contribution in [0.2, 0.25) is 0 Å². The number of nitrogens with zero attached hydrogens (tertiary/aromatic N) is 2. The maximum atomic E-state index is 11.9. The van der Waals surface area contributed by atoms with Crippen LogP contribution in [-0.4, -0.2) is 53.7 Å². The van der Waals surface area contributed by atoms with E-state index in [1.54, 1.807) is 13.1 Å². The molecular formula is C18H25N3O2. The summed E-state index contributed by atoms with van der Waals surface area (Å²) in [5, 5.41) is 13.3. The Labute approximate surface area is 137 Å². The molecule has 0 spiro atoms. The number of hydrogen-bond acceptors (Lipinski definition) is 4. The number of amides is 1. The van der Waals surface area contributed by atoms with Gasteiger partial charge in [0.1, 0.15) is 0 Å². The number of aliphatic hydroxyl groups is 1. The lowest BCUT2D eigenvalue weighted by Crippen LogP contribution is -2.37. The molecule has 1 aromatic heterocycles. The van der Waals surface area contributed by atoms with E-state index in [9.17, 15) is 9.90 Å². The summed E-state index contributed by atoms with van der Waals surface area (Å²) in [6, 6.07) is 10.1. The van der Waals surface area contributed by atoms with Crippen LogP contribution in [0.3, 0.4) is 0 Å². The van der Waals surface area contributed by atoms with Gasteiger partial charge in [0.15, 0.2) is 0 Å². The highest BCUT2D eigenvalue weighted by atomic mass is 16.3. The van der Waals surface area contributed by atoms with Crippen LogP contribution < -0.4 is 5.32 Å². The summed E-state index contributed by atoms with van der Waals surface area (Å²) in [6.07, 6.45) is 2.89. The SMILES string of the molecule is CC(O)CCN(C)CC(=O)NCCc1cccc2cccnc12. The van der Waals surface area contributed by atoms with E-state index in [2.05, 4.69) is 16.4 Å². The highest BCUT2D eigenvalue weighted by Gasteiger charge is 2.08. The smallest absolute Gasteiger partial charge is 0.234 e. The fraction of sp³-hybridized carbons (Fsp3) is 0.444. The first-order chi connectivity index (χ1) is 11.1. The van der Waals surface area contributed by atoms with Gasteiger partial charge in [0.25, 0.3) is 0 Å². The van der Waals surface area contributed by atoms with Gasteiger partial charge in [-0.15, -0.1) is 0 Å². The number of fused-ring (bicyclic) bond motifs is 1. The van der Waals surface area contributed by atoms with Gasteiger partial charge in [-0.1, -0.05) is 24.3 Å². The van der Waals surface area contributed by atoms with Crippen LogP contribution in [0, 0.1) is 0 Å². The number of nitrogens with one attached hydrogen (secondary N) is 1. The van der Waals surface area contributed by atoms with Gasteiger partial charge in [-0.2, -0.15) is 0 Å². The zero-order valence-electron chi connectivity index (χ0n) is 13.8. The Bertz CT molecular complexity index is 638. The molecule has 0 radical (unpaired) electrons. The van der Waals surface area contributed by atoms with Crippen LogP contribution in [-0.2, 0) is 11.2 Å². The maximum Gasteiger partial charge on any atom is 0.234 e. The van der Waals surface area contributed by atoms with Crippen molar-refractivity contribution in [1.82, 2.24) is 15.2 Å². The van der Waals surface area contributed by atoms with Crippen molar-refractivity contribution in [2.45, 2.75) is 25.9 Å². The minimum absolute atomic E-state index is 0.00582. The van der Waals surface area contributed by atoms with Crippen LogP contribution in [0.1, 0.15) is 18.9 Å². The summed E-state index contributed by atoms with van der Waals surface area (Å²) in [4.78, 5) is 18.3.